The van der Waals surface area contributed by atoms with E-state index in [1.54, 1.807) is 0 Å². The van der Waals surface area contributed by atoms with E-state index in [4.69, 9.17) is 14.2 Å². The minimum absolute atomic E-state index is 0.119. The van der Waals surface area contributed by atoms with Gasteiger partial charge in [0.15, 0.2) is 6.10 Å². The zero-order chi connectivity index (χ0) is 44.4. The number of allylic oxidation sites excluding steroid dienone is 14. The highest BCUT2D eigenvalue weighted by Crippen LogP contribution is 2.13. The fourth-order valence-electron chi connectivity index (χ4n) is 6.61. The summed E-state index contributed by atoms with van der Waals surface area (Å²) in [6.45, 7) is 6.38. The molecule has 0 spiro atoms. The van der Waals surface area contributed by atoms with Gasteiger partial charge in [0.2, 0.25) is 0 Å². The van der Waals surface area contributed by atoms with Crippen molar-refractivity contribution in [1.29, 1.82) is 0 Å². The lowest BCUT2D eigenvalue weighted by molar-refractivity contribution is -0.166. The largest absolute Gasteiger partial charge is 0.462 e. The molecule has 61 heavy (non-hydrogen) atoms. The Morgan fingerprint density at radius 2 is 0.689 bits per heavy atom. The summed E-state index contributed by atoms with van der Waals surface area (Å²) in [6, 6.07) is 0. The summed E-state index contributed by atoms with van der Waals surface area (Å²) in [5.74, 6) is -1.05. The van der Waals surface area contributed by atoms with Crippen LogP contribution >= 0.6 is 0 Å². The lowest BCUT2D eigenvalue weighted by Gasteiger charge is -2.18. The van der Waals surface area contributed by atoms with Gasteiger partial charge in [-0.05, 0) is 96.3 Å². The van der Waals surface area contributed by atoms with E-state index in [1.807, 2.05) is 12.2 Å². The second-order valence-corrected chi connectivity index (χ2v) is 16.3. The van der Waals surface area contributed by atoms with Gasteiger partial charge in [0.25, 0.3) is 0 Å². The molecule has 0 fully saturated rings. The molecule has 1 atom stereocenters. The predicted molar refractivity (Wildman–Crippen MR) is 261 cm³/mol. The zero-order valence-corrected chi connectivity index (χ0v) is 39.7. The molecule has 0 bridgehead atoms. The number of rotatable bonds is 44. The van der Waals surface area contributed by atoms with Crippen molar-refractivity contribution in [3.05, 3.63) is 85.1 Å². The van der Waals surface area contributed by atoms with Gasteiger partial charge in [-0.2, -0.15) is 0 Å². The summed E-state index contributed by atoms with van der Waals surface area (Å²) in [7, 11) is 0. The molecule has 0 amide bonds. The van der Waals surface area contributed by atoms with Gasteiger partial charge in [0, 0.05) is 19.3 Å². The van der Waals surface area contributed by atoms with Gasteiger partial charge in [-0.15, -0.1) is 0 Å². The van der Waals surface area contributed by atoms with Gasteiger partial charge < -0.3 is 14.2 Å². The molecule has 0 aromatic carbocycles. The summed E-state index contributed by atoms with van der Waals surface area (Å²) < 4.78 is 16.6. The second-order valence-electron chi connectivity index (χ2n) is 16.3. The van der Waals surface area contributed by atoms with Crippen LogP contribution in [0.25, 0.3) is 0 Å². The molecule has 0 aromatic heterocycles. The highest BCUT2D eigenvalue weighted by Gasteiger charge is 2.19. The van der Waals surface area contributed by atoms with E-state index >= 15 is 0 Å². The Morgan fingerprint density at radius 3 is 1.15 bits per heavy atom. The molecule has 348 valence electrons. The van der Waals surface area contributed by atoms with Crippen LogP contribution in [0.4, 0.5) is 0 Å². The van der Waals surface area contributed by atoms with Gasteiger partial charge in [-0.1, -0.05) is 196 Å². The molecule has 0 saturated carbocycles. The van der Waals surface area contributed by atoms with Gasteiger partial charge in [0.1, 0.15) is 13.2 Å². The first-order valence-electron chi connectivity index (χ1n) is 25.1. The first-order chi connectivity index (χ1) is 30.0. The van der Waals surface area contributed by atoms with E-state index in [-0.39, 0.29) is 31.6 Å². The van der Waals surface area contributed by atoms with Crippen molar-refractivity contribution in [1.82, 2.24) is 0 Å². The summed E-state index contributed by atoms with van der Waals surface area (Å²) in [4.78, 5) is 37.8. The summed E-state index contributed by atoms with van der Waals surface area (Å²) in [6.07, 6.45) is 63.1. The van der Waals surface area contributed by atoms with Crippen molar-refractivity contribution in [2.24, 2.45) is 0 Å². The smallest absolute Gasteiger partial charge is 0.306 e. The molecule has 0 radical (unpaired) electrons. The molecule has 0 N–H and O–H groups in total. The van der Waals surface area contributed by atoms with Gasteiger partial charge in [-0.3, -0.25) is 14.4 Å². The normalized spacial score (nSPS) is 12.8. The Hall–Kier alpha value is -3.41. The van der Waals surface area contributed by atoms with E-state index in [0.717, 1.165) is 77.0 Å². The standard InChI is InChI=1S/C55H92O6/c1-4-7-10-13-16-19-21-23-25-27-28-30-31-33-36-39-42-45-48-54(57)60-51-52(50-59-53(56)47-44-41-38-35-18-15-12-9-6-3)61-55(58)49-46-43-40-37-34-32-29-26-24-22-20-17-14-11-8-5-2/h8,11,17,20,24,26,28,30,32,34-35,38,40,43,52H,4-7,9-10,12-16,18-19,21-23,25,27,29,31,33,36-37,39,41-42,44-51H2,1-3H3/b11-8-,20-17-,26-24-,30-28-,34-32-,38-35-,43-40-. The van der Waals surface area contributed by atoms with Crippen molar-refractivity contribution in [3.8, 4) is 0 Å². The van der Waals surface area contributed by atoms with Crippen molar-refractivity contribution < 1.29 is 28.6 Å². The molecular formula is C55H92O6. The van der Waals surface area contributed by atoms with Crippen LogP contribution in [0.3, 0.4) is 0 Å². The van der Waals surface area contributed by atoms with E-state index in [2.05, 4.69) is 93.7 Å². The fourth-order valence-corrected chi connectivity index (χ4v) is 6.61. The van der Waals surface area contributed by atoms with Crippen LogP contribution in [0.1, 0.15) is 226 Å². The van der Waals surface area contributed by atoms with Gasteiger partial charge >= 0.3 is 17.9 Å². The molecule has 0 heterocycles. The van der Waals surface area contributed by atoms with Gasteiger partial charge in [0.05, 0.1) is 0 Å². The maximum absolute atomic E-state index is 12.7. The highest BCUT2D eigenvalue weighted by molar-refractivity contribution is 5.71. The molecule has 0 saturated heterocycles. The van der Waals surface area contributed by atoms with Gasteiger partial charge in [-0.25, -0.2) is 0 Å². The number of ether oxygens (including phenoxy) is 3. The molecule has 0 aliphatic heterocycles. The Balaban J connectivity index is 4.46. The topological polar surface area (TPSA) is 78.9 Å². The molecule has 0 aliphatic rings. The van der Waals surface area contributed by atoms with Crippen molar-refractivity contribution in [2.75, 3.05) is 13.2 Å². The maximum Gasteiger partial charge on any atom is 0.306 e. The summed E-state index contributed by atoms with van der Waals surface area (Å²) in [5, 5.41) is 0. The Bertz CT molecular complexity index is 1200. The van der Waals surface area contributed by atoms with Crippen LogP contribution in [0.15, 0.2) is 85.1 Å². The Labute approximate surface area is 375 Å². The number of hydrogen-bond donors (Lipinski definition) is 0. The number of esters is 3. The Kier molecular flexibility index (Phi) is 46.5. The van der Waals surface area contributed by atoms with Crippen molar-refractivity contribution in [3.63, 3.8) is 0 Å². The molecule has 6 nitrogen and oxygen atoms in total. The van der Waals surface area contributed by atoms with Crippen LogP contribution < -0.4 is 0 Å². The van der Waals surface area contributed by atoms with E-state index < -0.39 is 12.1 Å². The minimum atomic E-state index is -0.829. The maximum atomic E-state index is 12.7. The average Bonchev–Trinajstić information content (AvgIpc) is 3.26. The second kappa shape index (κ2) is 49.2. The number of unbranched alkanes of at least 4 members (excludes halogenated alkanes) is 19. The lowest BCUT2D eigenvalue weighted by atomic mass is 10.1. The van der Waals surface area contributed by atoms with Crippen LogP contribution in [-0.4, -0.2) is 37.2 Å². The minimum Gasteiger partial charge on any atom is -0.462 e. The number of carbonyl (C=O) groups is 3. The summed E-state index contributed by atoms with van der Waals surface area (Å²) in [5.41, 5.74) is 0. The first kappa shape index (κ1) is 57.6. The predicted octanol–water partition coefficient (Wildman–Crippen LogP) is 16.4. The van der Waals surface area contributed by atoms with Crippen molar-refractivity contribution in [2.45, 2.75) is 232 Å². The Morgan fingerprint density at radius 1 is 0.344 bits per heavy atom. The summed E-state index contributed by atoms with van der Waals surface area (Å²) >= 11 is 0. The SMILES string of the molecule is CC/C=C\C/C=C\C/C=C\C/C=C\C/C=C\CCC(=O)OC(COC(=O)CCC/C=C\CCCCCC)COC(=O)CCCCCCC/C=C\CCCCCCCCCCC. The quantitative estimate of drug-likeness (QED) is 0.0263. The molecular weight excluding hydrogens is 757 g/mol. The lowest BCUT2D eigenvalue weighted by Crippen LogP contribution is -2.30. The average molecular weight is 849 g/mol. The van der Waals surface area contributed by atoms with E-state index in [9.17, 15) is 14.4 Å². The molecule has 1 unspecified atom stereocenters. The molecule has 0 aliphatic carbocycles. The molecule has 6 heteroatoms. The van der Waals surface area contributed by atoms with E-state index in [1.165, 1.54) is 96.3 Å². The monoisotopic (exact) mass is 849 g/mol. The van der Waals surface area contributed by atoms with Crippen molar-refractivity contribution >= 4 is 17.9 Å². The van der Waals surface area contributed by atoms with Crippen LogP contribution in [-0.2, 0) is 28.6 Å². The molecule has 0 rings (SSSR count). The van der Waals surface area contributed by atoms with Crippen LogP contribution in [0.2, 0.25) is 0 Å². The van der Waals surface area contributed by atoms with Crippen LogP contribution in [0.5, 0.6) is 0 Å². The fraction of sp³-hybridized carbons (Fsp3) is 0.691. The highest BCUT2D eigenvalue weighted by atomic mass is 16.6. The van der Waals surface area contributed by atoms with Crippen LogP contribution in [0, 0.1) is 0 Å². The zero-order valence-electron chi connectivity index (χ0n) is 39.7. The number of hydrogen-bond acceptors (Lipinski definition) is 6. The third-order valence-electron chi connectivity index (χ3n) is 10.4. The number of carbonyl (C=O) groups excluding carboxylic acids is 3. The van der Waals surface area contributed by atoms with E-state index in [0.29, 0.717) is 25.7 Å². The molecule has 0 aromatic rings. The third-order valence-corrected chi connectivity index (χ3v) is 10.4. The third kappa shape index (κ3) is 47.5. The first-order valence-corrected chi connectivity index (χ1v) is 25.1.